The summed E-state index contributed by atoms with van der Waals surface area (Å²) >= 11 is 0. The fraction of sp³-hybridized carbons (Fsp3) is 0.533. The Morgan fingerprint density at radius 3 is 2.90 bits per heavy atom. The second-order valence-electron chi connectivity index (χ2n) is 5.15. The van der Waals surface area contributed by atoms with Crippen LogP contribution in [-0.2, 0) is 0 Å². The Labute approximate surface area is 118 Å². The van der Waals surface area contributed by atoms with Crippen molar-refractivity contribution >= 4 is 5.91 Å². The van der Waals surface area contributed by atoms with Gasteiger partial charge in [-0.25, -0.2) is 4.39 Å². The lowest BCUT2D eigenvalue weighted by atomic mass is 10.0. The number of carbonyl (C=O) groups excluding carboxylic acids is 1. The number of benzene rings is 1. The molecule has 1 heterocycles. The lowest BCUT2D eigenvalue weighted by molar-refractivity contribution is 0.0736. The zero-order valence-electron chi connectivity index (χ0n) is 11.7. The summed E-state index contributed by atoms with van der Waals surface area (Å²) in [7, 11) is 0. The fourth-order valence-corrected chi connectivity index (χ4v) is 2.55. The molecule has 1 aliphatic rings. The van der Waals surface area contributed by atoms with Gasteiger partial charge in [0.15, 0.2) is 0 Å². The van der Waals surface area contributed by atoms with Gasteiger partial charge in [-0.3, -0.25) is 4.79 Å². The van der Waals surface area contributed by atoms with Crippen molar-refractivity contribution in [3.8, 4) is 5.75 Å². The summed E-state index contributed by atoms with van der Waals surface area (Å²) in [5.74, 6) is -1.17. The normalized spacial score (nSPS) is 18.8. The van der Waals surface area contributed by atoms with Crippen LogP contribution < -0.4 is 5.32 Å². The van der Waals surface area contributed by atoms with Crippen molar-refractivity contribution in [2.75, 3.05) is 19.6 Å². The number of nitrogens with zero attached hydrogens (tertiary/aromatic N) is 1. The van der Waals surface area contributed by atoms with Crippen LogP contribution in [0.2, 0.25) is 0 Å². The summed E-state index contributed by atoms with van der Waals surface area (Å²) in [4.78, 5) is 14.0. The smallest absolute Gasteiger partial charge is 0.256 e. The number of piperidine rings is 1. The highest BCUT2D eigenvalue weighted by Crippen LogP contribution is 2.17. The molecular formula is C15H21FN2O2. The van der Waals surface area contributed by atoms with Crippen molar-refractivity contribution in [2.45, 2.75) is 32.2 Å². The van der Waals surface area contributed by atoms with Gasteiger partial charge in [0.1, 0.15) is 11.6 Å². The third-order valence-electron chi connectivity index (χ3n) is 3.71. The van der Waals surface area contributed by atoms with Gasteiger partial charge in [0, 0.05) is 25.2 Å². The van der Waals surface area contributed by atoms with E-state index in [1.165, 1.54) is 18.6 Å². The maximum atomic E-state index is 13.8. The standard InChI is InChI=1S/C15H21FN2O2/c1-2-18(10-11-5-3-4-8-17-11)15(20)13-7-6-12(19)9-14(13)16/h6-7,9,11,17,19H,2-5,8,10H2,1H3. The number of amides is 1. The zero-order chi connectivity index (χ0) is 14.5. The monoisotopic (exact) mass is 280 g/mol. The summed E-state index contributed by atoms with van der Waals surface area (Å²) in [6.07, 6.45) is 3.38. The Kier molecular flexibility index (Phi) is 4.95. The van der Waals surface area contributed by atoms with E-state index < -0.39 is 5.82 Å². The van der Waals surface area contributed by atoms with Crippen LogP contribution in [-0.4, -0.2) is 41.6 Å². The van der Waals surface area contributed by atoms with E-state index in [0.717, 1.165) is 25.5 Å². The fourth-order valence-electron chi connectivity index (χ4n) is 2.55. The number of nitrogens with one attached hydrogen (secondary N) is 1. The van der Waals surface area contributed by atoms with Crippen molar-refractivity contribution in [1.82, 2.24) is 10.2 Å². The first-order chi connectivity index (χ1) is 9.61. The molecule has 2 N–H and O–H groups in total. The summed E-state index contributed by atoms with van der Waals surface area (Å²) in [5, 5.41) is 12.6. The molecule has 1 unspecified atom stereocenters. The number of aromatic hydroxyl groups is 1. The molecule has 0 saturated carbocycles. The minimum atomic E-state index is -0.676. The van der Waals surface area contributed by atoms with Gasteiger partial charge in [0.25, 0.3) is 5.91 Å². The minimum Gasteiger partial charge on any atom is -0.508 e. The van der Waals surface area contributed by atoms with Gasteiger partial charge in [-0.05, 0) is 38.4 Å². The molecule has 1 saturated heterocycles. The molecule has 0 spiro atoms. The molecule has 0 bridgehead atoms. The SMILES string of the molecule is CCN(CC1CCCCN1)C(=O)c1ccc(O)cc1F. The number of hydrogen-bond donors (Lipinski definition) is 2. The second kappa shape index (κ2) is 6.70. The predicted octanol–water partition coefficient (Wildman–Crippen LogP) is 2.14. The maximum absolute atomic E-state index is 13.8. The third kappa shape index (κ3) is 3.48. The quantitative estimate of drug-likeness (QED) is 0.888. The summed E-state index contributed by atoms with van der Waals surface area (Å²) in [6.45, 7) is 4.00. The Morgan fingerprint density at radius 2 is 2.30 bits per heavy atom. The van der Waals surface area contributed by atoms with E-state index in [-0.39, 0.29) is 23.3 Å². The topological polar surface area (TPSA) is 52.6 Å². The Hall–Kier alpha value is -1.62. The molecule has 1 aliphatic heterocycles. The van der Waals surface area contributed by atoms with E-state index in [4.69, 9.17) is 0 Å². The van der Waals surface area contributed by atoms with Crippen LogP contribution in [0.5, 0.6) is 5.75 Å². The lowest BCUT2D eigenvalue weighted by Crippen LogP contribution is -2.45. The highest BCUT2D eigenvalue weighted by Gasteiger charge is 2.22. The zero-order valence-corrected chi connectivity index (χ0v) is 11.7. The average molecular weight is 280 g/mol. The highest BCUT2D eigenvalue weighted by molar-refractivity contribution is 5.94. The molecule has 1 atom stereocenters. The van der Waals surface area contributed by atoms with Crippen LogP contribution >= 0.6 is 0 Å². The molecule has 110 valence electrons. The molecular weight excluding hydrogens is 259 g/mol. The van der Waals surface area contributed by atoms with Crippen LogP contribution in [0.15, 0.2) is 18.2 Å². The van der Waals surface area contributed by atoms with Gasteiger partial charge < -0.3 is 15.3 Å². The summed E-state index contributed by atoms with van der Waals surface area (Å²) < 4.78 is 13.8. The van der Waals surface area contributed by atoms with Crippen LogP contribution in [0.4, 0.5) is 4.39 Å². The molecule has 0 radical (unpaired) electrons. The Balaban J connectivity index is 2.07. The molecule has 2 rings (SSSR count). The van der Waals surface area contributed by atoms with E-state index >= 15 is 0 Å². The number of phenols is 1. The van der Waals surface area contributed by atoms with Gasteiger partial charge in [0.05, 0.1) is 5.56 Å². The lowest BCUT2D eigenvalue weighted by Gasteiger charge is -2.30. The molecule has 5 heteroatoms. The second-order valence-corrected chi connectivity index (χ2v) is 5.15. The number of phenolic OH excluding ortho intramolecular Hbond substituents is 1. The van der Waals surface area contributed by atoms with E-state index in [1.807, 2.05) is 6.92 Å². The molecule has 1 fully saturated rings. The maximum Gasteiger partial charge on any atom is 0.256 e. The molecule has 1 aromatic rings. The van der Waals surface area contributed by atoms with Crippen LogP contribution in [0.25, 0.3) is 0 Å². The first kappa shape index (κ1) is 14.8. The number of halogens is 1. The van der Waals surface area contributed by atoms with Gasteiger partial charge in [0.2, 0.25) is 0 Å². The van der Waals surface area contributed by atoms with E-state index in [9.17, 15) is 14.3 Å². The molecule has 1 aromatic carbocycles. The van der Waals surface area contributed by atoms with Gasteiger partial charge in [-0.1, -0.05) is 6.42 Å². The highest BCUT2D eigenvalue weighted by atomic mass is 19.1. The summed E-state index contributed by atoms with van der Waals surface area (Å²) in [5.41, 5.74) is 0.0143. The average Bonchev–Trinajstić information content (AvgIpc) is 2.45. The number of likely N-dealkylation sites (N-methyl/N-ethyl adjacent to an activating group) is 1. The third-order valence-corrected chi connectivity index (χ3v) is 3.71. The van der Waals surface area contributed by atoms with E-state index in [0.29, 0.717) is 13.1 Å². The molecule has 0 aromatic heterocycles. The summed E-state index contributed by atoms with van der Waals surface area (Å²) in [6, 6.07) is 3.93. The molecule has 4 nitrogen and oxygen atoms in total. The van der Waals surface area contributed by atoms with Gasteiger partial charge in [-0.15, -0.1) is 0 Å². The van der Waals surface area contributed by atoms with Crippen molar-refractivity contribution in [3.63, 3.8) is 0 Å². The van der Waals surface area contributed by atoms with Crippen molar-refractivity contribution in [1.29, 1.82) is 0 Å². The molecule has 0 aliphatic carbocycles. The van der Waals surface area contributed by atoms with Crippen LogP contribution in [0, 0.1) is 5.82 Å². The van der Waals surface area contributed by atoms with Crippen molar-refractivity contribution in [3.05, 3.63) is 29.6 Å². The minimum absolute atomic E-state index is 0.0143. The predicted molar refractivity (Wildman–Crippen MR) is 75.3 cm³/mol. The molecule has 20 heavy (non-hydrogen) atoms. The Bertz CT molecular complexity index is 473. The Morgan fingerprint density at radius 1 is 1.50 bits per heavy atom. The first-order valence-corrected chi connectivity index (χ1v) is 7.13. The van der Waals surface area contributed by atoms with Crippen molar-refractivity contribution < 1.29 is 14.3 Å². The van der Waals surface area contributed by atoms with Gasteiger partial charge >= 0.3 is 0 Å². The van der Waals surface area contributed by atoms with Crippen molar-refractivity contribution in [2.24, 2.45) is 0 Å². The largest absolute Gasteiger partial charge is 0.508 e. The van der Waals surface area contributed by atoms with E-state index in [2.05, 4.69) is 5.32 Å². The molecule has 1 amide bonds. The van der Waals surface area contributed by atoms with E-state index in [1.54, 1.807) is 4.90 Å². The van der Waals surface area contributed by atoms with Gasteiger partial charge in [-0.2, -0.15) is 0 Å². The number of rotatable bonds is 4. The van der Waals surface area contributed by atoms with Crippen LogP contribution in [0.1, 0.15) is 36.5 Å². The number of carbonyl (C=O) groups is 1. The first-order valence-electron chi connectivity index (χ1n) is 7.13. The van der Waals surface area contributed by atoms with Crippen LogP contribution in [0.3, 0.4) is 0 Å². The number of hydrogen-bond acceptors (Lipinski definition) is 3.